The fraction of sp³-hybridized carbons (Fsp3) is 0.143. The Morgan fingerprint density at radius 1 is 1.03 bits per heavy atom. The number of nitrogens with zero attached hydrogens (tertiary/aromatic N) is 5. The van der Waals surface area contributed by atoms with E-state index in [1.54, 1.807) is 19.1 Å². The van der Waals surface area contributed by atoms with Gasteiger partial charge in [-0.05, 0) is 49.2 Å². The van der Waals surface area contributed by atoms with Gasteiger partial charge in [0.05, 0.1) is 28.7 Å². The van der Waals surface area contributed by atoms with Crippen molar-refractivity contribution in [1.29, 1.82) is 0 Å². The van der Waals surface area contributed by atoms with Gasteiger partial charge in [0.15, 0.2) is 5.65 Å². The van der Waals surface area contributed by atoms with E-state index in [-0.39, 0.29) is 52.7 Å². The van der Waals surface area contributed by atoms with Crippen LogP contribution < -0.4 is 10.6 Å². The van der Waals surface area contributed by atoms with Gasteiger partial charge in [-0.1, -0.05) is 24.3 Å². The molecule has 11 heteroatoms. The lowest BCUT2D eigenvalue weighted by atomic mass is 9.82. The largest absolute Gasteiger partial charge is 0.508 e. The van der Waals surface area contributed by atoms with Crippen LogP contribution in [0, 0.1) is 17.5 Å². The number of anilines is 2. The maximum absolute atomic E-state index is 15.1. The number of rotatable bonds is 4. The molecule has 1 unspecified atom stereocenters. The molecule has 1 aliphatic heterocycles. The lowest BCUT2D eigenvalue weighted by Crippen LogP contribution is -2.58. The van der Waals surface area contributed by atoms with Gasteiger partial charge >= 0.3 is 0 Å². The summed E-state index contributed by atoms with van der Waals surface area (Å²) in [4.78, 5) is 23.4. The van der Waals surface area contributed by atoms with Crippen molar-refractivity contribution < 1.29 is 23.1 Å². The molecule has 1 aliphatic rings. The maximum Gasteiger partial charge on any atom is 0.262 e. The van der Waals surface area contributed by atoms with Crippen molar-refractivity contribution in [1.82, 2.24) is 19.7 Å². The predicted octanol–water partition coefficient (Wildman–Crippen LogP) is 4.86. The van der Waals surface area contributed by atoms with Gasteiger partial charge in [-0.3, -0.25) is 9.69 Å². The maximum atomic E-state index is 15.1. The molecule has 1 amide bonds. The zero-order valence-electron chi connectivity index (χ0n) is 20.6. The van der Waals surface area contributed by atoms with E-state index < -0.39 is 28.9 Å². The second-order valence-corrected chi connectivity index (χ2v) is 9.70. The summed E-state index contributed by atoms with van der Waals surface area (Å²) in [6.45, 7) is 1.73. The average Bonchev–Trinajstić information content (AvgIpc) is 3.23. The van der Waals surface area contributed by atoms with E-state index in [9.17, 15) is 18.7 Å². The molecule has 2 aromatic heterocycles. The van der Waals surface area contributed by atoms with Crippen LogP contribution in [-0.2, 0) is 13.0 Å². The van der Waals surface area contributed by atoms with E-state index in [0.717, 1.165) is 6.07 Å². The second-order valence-electron chi connectivity index (χ2n) is 9.70. The zero-order chi connectivity index (χ0) is 27.5. The molecule has 196 valence electrons. The summed E-state index contributed by atoms with van der Waals surface area (Å²) in [5, 5.41) is 14.9. The number of carbonyl (C=O) groups is 1. The highest BCUT2D eigenvalue weighted by Gasteiger charge is 2.45. The van der Waals surface area contributed by atoms with Crippen molar-refractivity contribution >= 4 is 28.4 Å². The molecule has 3 heterocycles. The molecule has 0 spiro atoms. The van der Waals surface area contributed by atoms with Crippen molar-refractivity contribution in [2.75, 3.05) is 10.6 Å². The Morgan fingerprint density at radius 3 is 2.56 bits per heavy atom. The number of fused-ring (bicyclic) bond motifs is 2. The summed E-state index contributed by atoms with van der Waals surface area (Å²) in [7, 11) is 0. The van der Waals surface area contributed by atoms with Crippen LogP contribution in [0.25, 0.3) is 22.3 Å². The number of amides is 1. The number of phenolic OH excluding ortho intramolecular Hbond substituents is 1. The zero-order valence-corrected chi connectivity index (χ0v) is 20.6. The average molecular weight is 531 g/mol. The van der Waals surface area contributed by atoms with Crippen LogP contribution in [0.5, 0.6) is 5.75 Å². The standard InChI is InChI=1S/C28H21F3N6O2/c1-28(12-15-5-4-7-20(31)22(15)27(39)37(28)21-8-3-2-6-19(21)30)13-36-26-23(25(32)33-14-34-26)24(35-36)16-9-17(29)11-18(38)10-16/h2-11,14,38H,12-13H2,1H3,(H2,32,33,34). The number of phenols is 1. The lowest BCUT2D eigenvalue weighted by molar-refractivity contribution is 0.0930. The molecular weight excluding hydrogens is 509 g/mol. The van der Waals surface area contributed by atoms with E-state index in [2.05, 4.69) is 15.1 Å². The summed E-state index contributed by atoms with van der Waals surface area (Å²) in [5.74, 6) is -2.95. The summed E-state index contributed by atoms with van der Waals surface area (Å²) in [6, 6.07) is 13.6. The van der Waals surface area contributed by atoms with Crippen molar-refractivity contribution in [2.24, 2.45) is 0 Å². The number of para-hydroxylation sites is 1. The lowest BCUT2D eigenvalue weighted by Gasteiger charge is -2.45. The number of halogens is 3. The number of nitrogens with two attached hydrogens (primary N) is 1. The van der Waals surface area contributed by atoms with Crippen LogP contribution in [0.3, 0.4) is 0 Å². The molecule has 0 fully saturated rings. The molecule has 0 aliphatic carbocycles. The molecule has 1 atom stereocenters. The third-order valence-corrected chi connectivity index (χ3v) is 6.93. The third-order valence-electron chi connectivity index (χ3n) is 6.93. The van der Waals surface area contributed by atoms with Crippen molar-refractivity contribution in [3.63, 3.8) is 0 Å². The minimum absolute atomic E-state index is 0.0141. The number of aromatic nitrogens is 4. The molecule has 0 radical (unpaired) electrons. The molecule has 39 heavy (non-hydrogen) atoms. The van der Waals surface area contributed by atoms with E-state index in [0.29, 0.717) is 10.9 Å². The Balaban J connectivity index is 1.56. The van der Waals surface area contributed by atoms with Gasteiger partial charge in [-0.2, -0.15) is 5.10 Å². The van der Waals surface area contributed by atoms with Crippen LogP contribution in [-0.4, -0.2) is 36.3 Å². The SMILES string of the molecule is CC1(Cn2nc(-c3cc(O)cc(F)c3)c3c(N)ncnc32)Cc2cccc(F)c2C(=O)N1c1ccccc1F. The highest BCUT2D eigenvalue weighted by molar-refractivity contribution is 6.09. The summed E-state index contributed by atoms with van der Waals surface area (Å²) < 4.78 is 45.6. The van der Waals surface area contributed by atoms with Gasteiger partial charge in [0.25, 0.3) is 5.91 Å². The first-order valence-corrected chi connectivity index (χ1v) is 12.0. The normalized spacial score (nSPS) is 17.0. The quantitative estimate of drug-likeness (QED) is 0.344. The molecular formula is C28H21F3N6O2. The first kappa shape index (κ1) is 24.4. The highest BCUT2D eigenvalue weighted by Crippen LogP contribution is 2.40. The van der Waals surface area contributed by atoms with Crippen LogP contribution in [0.15, 0.2) is 67.0 Å². The van der Waals surface area contributed by atoms with Gasteiger partial charge < -0.3 is 10.8 Å². The van der Waals surface area contributed by atoms with Crippen molar-refractivity contribution in [3.8, 4) is 17.0 Å². The van der Waals surface area contributed by atoms with Crippen LogP contribution in [0.4, 0.5) is 24.7 Å². The number of carbonyl (C=O) groups excluding carboxylic acids is 1. The number of hydrogen-bond donors (Lipinski definition) is 2. The van der Waals surface area contributed by atoms with Gasteiger partial charge in [0.1, 0.15) is 41.0 Å². The van der Waals surface area contributed by atoms with Crippen LogP contribution in [0.2, 0.25) is 0 Å². The molecule has 3 N–H and O–H groups in total. The predicted molar refractivity (Wildman–Crippen MR) is 139 cm³/mol. The Morgan fingerprint density at radius 2 is 1.79 bits per heavy atom. The molecule has 5 aromatic rings. The van der Waals surface area contributed by atoms with Crippen LogP contribution in [0.1, 0.15) is 22.8 Å². The molecule has 0 saturated heterocycles. The fourth-order valence-electron chi connectivity index (χ4n) is 5.34. The number of benzene rings is 3. The number of aromatic hydroxyl groups is 1. The Hall–Kier alpha value is -4.93. The Kier molecular flexibility index (Phi) is 5.53. The number of nitrogen functional groups attached to an aromatic ring is 1. The van der Waals surface area contributed by atoms with E-state index in [4.69, 9.17) is 5.73 Å². The van der Waals surface area contributed by atoms with E-state index >= 15 is 4.39 Å². The van der Waals surface area contributed by atoms with Crippen LogP contribution >= 0.6 is 0 Å². The number of hydrogen-bond acceptors (Lipinski definition) is 6. The van der Waals surface area contributed by atoms with Gasteiger partial charge in [0, 0.05) is 11.6 Å². The minimum atomic E-state index is -1.15. The molecule has 8 nitrogen and oxygen atoms in total. The first-order chi connectivity index (χ1) is 18.7. The van der Waals surface area contributed by atoms with Gasteiger partial charge in [0.2, 0.25) is 0 Å². The van der Waals surface area contributed by atoms with Crippen molar-refractivity contribution in [3.05, 3.63) is 95.6 Å². The van der Waals surface area contributed by atoms with E-state index in [1.165, 1.54) is 58.4 Å². The summed E-state index contributed by atoms with van der Waals surface area (Å²) in [5.41, 5.74) is 6.09. The van der Waals surface area contributed by atoms with E-state index in [1.807, 2.05) is 0 Å². The van der Waals surface area contributed by atoms with Crippen molar-refractivity contribution in [2.45, 2.75) is 25.4 Å². The first-order valence-electron chi connectivity index (χ1n) is 12.0. The third kappa shape index (κ3) is 3.94. The van der Waals surface area contributed by atoms with Gasteiger partial charge in [-0.25, -0.2) is 27.8 Å². The molecule has 0 bridgehead atoms. The summed E-state index contributed by atoms with van der Waals surface area (Å²) in [6.07, 6.45) is 1.41. The second kappa shape index (κ2) is 8.83. The topological polar surface area (TPSA) is 110 Å². The molecule has 3 aromatic carbocycles. The monoisotopic (exact) mass is 530 g/mol. The smallest absolute Gasteiger partial charge is 0.262 e. The molecule has 6 rings (SSSR count). The Bertz CT molecular complexity index is 1770. The minimum Gasteiger partial charge on any atom is -0.508 e. The molecule has 0 saturated carbocycles. The summed E-state index contributed by atoms with van der Waals surface area (Å²) >= 11 is 0. The fourth-order valence-corrected chi connectivity index (χ4v) is 5.34. The Labute approximate surface area is 220 Å². The highest BCUT2D eigenvalue weighted by atomic mass is 19.1. The van der Waals surface area contributed by atoms with Gasteiger partial charge in [-0.15, -0.1) is 0 Å².